The van der Waals surface area contributed by atoms with Crippen LogP contribution < -0.4 is 5.32 Å². The van der Waals surface area contributed by atoms with Gasteiger partial charge in [-0.3, -0.25) is 4.99 Å². The van der Waals surface area contributed by atoms with Crippen LogP contribution >= 0.6 is 11.8 Å². The molecule has 0 radical (unpaired) electrons. The first-order chi connectivity index (χ1) is 14.3. The lowest BCUT2D eigenvalue weighted by atomic mass is 9.88. The van der Waals surface area contributed by atoms with E-state index >= 15 is 0 Å². The SMILES string of the molecule is CC(C)[C@H]1CSC(c2ccccc2Nc2ccccc2C2=N[C@@H](C(C)(C)C)CO2)=N1. The van der Waals surface area contributed by atoms with Crippen molar-refractivity contribution in [3.63, 3.8) is 0 Å². The average molecular weight is 422 g/mol. The van der Waals surface area contributed by atoms with E-state index in [1.54, 1.807) is 0 Å². The van der Waals surface area contributed by atoms with Gasteiger partial charge in [-0.15, -0.1) is 11.8 Å². The number of anilines is 2. The van der Waals surface area contributed by atoms with Gasteiger partial charge in [0.15, 0.2) is 0 Å². The van der Waals surface area contributed by atoms with Gasteiger partial charge < -0.3 is 10.1 Å². The highest BCUT2D eigenvalue weighted by Gasteiger charge is 2.31. The molecule has 158 valence electrons. The van der Waals surface area contributed by atoms with Crippen molar-refractivity contribution in [1.82, 2.24) is 0 Å². The van der Waals surface area contributed by atoms with E-state index in [9.17, 15) is 0 Å². The number of benzene rings is 2. The molecule has 2 aliphatic rings. The molecule has 2 aromatic carbocycles. The molecule has 0 saturated heterocycles. The third-order valence-electron chi connectivity index (χ3n) is 5.68. The van der Waals surface area contributed by atoms with Crippen LogP contribution in [0.5, 0.6) is 0 Å². The Balaban J connectivity index is 1.64. The molecule has 0 spiro atoms. The Morgan fingerprint density at radius 3 is 2.20 bits per heavy atom. The number of hydrogen-bond donors (Lipinski definition) is 1. The van der Waals surface area contributed by atoms with E-state index in [-0.39, 0.29) is 11.5 Å². The molecule has 0 saturated carbocycles. The first-order valence-electron chi connectivity index (χ1n) is 10.7. The van der Waals surface area contributed by atoms with Crippen molar-refractivity contribution in [1.29, 1.82) is 0 Å². The van der Waals surface area contributed by atoms with E-state index in [0.29, 0.717) is 18.6 Å². The summed E-state index contributed by atoms with van der Waals surface area (Å²) in [7, 11) is 0. The number of nitrogens with zero attached hydrogens (tertiary/aromatic N) is 2. The molecular formula is C25H31N3OS. The van der Waals surface area contributed by atoms with Crippen LogP contribution in [0.4, 0.5) is 11.4 Å². The zero-order valence-corrected chi connectivity index (χ0v) is 19.3. The minimum atomic E-state index is 0.0848. The largest absolute Gasteiger partial charge is 0.475 e. The fourth-order valence-corrected chi connectivity index (χ4v) is 4.88. The van der Waals surface area contributed by atoms with Crippen molar-refractivity contribution in [3.8, 4) is 0 Å². The molecule has 2 atom stereocenters. The quantitative estimate of drug-likeness (QED) is 0.631. The average Bonchev–Trinajstić information content (AvgIpc) is 3.39. The monoisotopic (exact) mass is 421 g/mol. The summed E-state index contributed by atoms with van der Waals surface area (Å²) >= 11 is 1.85. The lowest BCUT2D eigenvalue weighted by Crippen LogP contribution is -2.25. The summed E-state index contributed by atoms with van der Waals surface area (Å²) < 4.78 is 6.01. The van der Waals surface area contributed by atoms with Crippen molar-refractivity contribution >= 4 is 34.1 Å². The summed E-state index contributed by atoms with van der Waals surface area (Å²) in [5.41, 5.74) is 4.30. The number of nitrogens with one attached hydrogen (secondary N) is 1. The van der Waals surface area contributed by atoms with E-state index in [2.05, 4.69) is 76.3 Å². The molecule has 0 fully saturated rings. The van der Waals surface area contributed by atoms with Crippen molar-refractivity contribution < 1.29 is 4.74 Å². The zero-order chi connectivity index (χ0) is 21.3. The number of thioether (sulfide) groups is 1. The van der Waals surface area contributed by atoms with Crippen LogP contribution in [-0.4, -0.2) is 35.4 Å². The Morgan fingerprint density at radius 2 is 1.60 bits per heavy atom. The predicted molar refractivity (Wildman–Crippen MR) is 130 cm³/mol. The van der Waals surface area contributed by atoms with Gasteiger partial charge in [-0.25, -0.2) is 4.99 Å². The summed E-state index contributed by atoms with van der Waals surface area (Å²) in [4.78, 5) is 9.88. The third-order valence-corrected chi connectivity index (χ3v) is 6.79. The molecule has 2 heterocycles. The Morgan fingerprint density at radius 1 is 0.967 bits per heavy atom. The molecule has 0 aromatic heterocycles. The molecule has 30 heavy (non-hydrogen) atoms. The van der Waals surface area contributed by atoms with Gasteiger partial charge in [-0.05, 0) is 29.5 Å². The maximum atomic E-state index is 6.01. The van der Waals surface area contributed by atoms with Gasteiger partial charge in [0.05, 0.1) is 23.3 Å². The van der Waals surface area contributed by atoms with Crippen LogP contribution in [0.1, 0.15) is 45.7 Å². The molecular weight excluding hydrogens is 390 g/mol. The number of ether oxygens (including phenoxy) is 1. The minimum Gasteiger partial charge on any atom is -0.475 e. The van der Waals surface area contributed by atoms with Crippen LogP contribution in [0.15, 0.2) is 58.5 Å². The van der Waals surface area contributed by atoms with Crippen molar-refractivity contribution in [2.45, 2.75) is 46.7 Å². The Bertz CT molecular complexity index is 974. The molecule has 0 amide bonds. The van der Waals surface area contributed by atoms with Gasteiger partial charge in [0.1, 0.15) is 11.7 Å². The molecule has 2 aliphatic heterocycles. The highest BCUT2D eigenvalue weighted by Crippen LogP contribution is 2.34. The highest BCUT2D eigenvalue weighted by molar-refractivity contribution is 8.14. The maximum Gasteiger partial charge on any atom is 0.218 e. The van der Waals surface area contributed by atoms with Gasteiger partial charge >= 0.3 is 0 Å². The zero-order valence-electron chi connectivity index (χ0n) is 18.5. The van der Waals surface area contributed by atoms with Crippen LogP contribution in [-0.2, 0) is 4.74 Å². The lowest BCUT2D eigenvalue weighted by Gasteiger charge is -2.21. The van der Waals surface area contributed by atoms with Gasteiger partial charge in [0, 0.05) is 17.0 Å². The Kier molecular flexibility index (Phi) is 5.92. The first kappa shape index (κ1) is 21.0. The molecule has 0 bridgehead atoms. The maximum absolute atomic E-state index is 6.01. The summed E-state index contributed by atoms with van der Waals surface area (Å²) in [5, 5.41) is 4.76. The van der Waals surface area contributed by atoms with E-state index in [1.807, 2.05) is 23.9 Å². The van der Waals surface area contributed by atoms with Gasteiger partial charge in [0.25, 0.3) is 0 Å². The van der Waals surface area contributed by atoms with Gasteiger partial charge in [0.2, 0.25) is 5.90 Å². The topological polar surface area (TPSA) is 46.0 Å². The smallest absolute Gasteiger partial charge is 0.218 e. The number of aliphatic imine (C=N–C) groups is 2. The number of para-hydroxylation sites is 2. The van der Waals surface area contributed by atoms with Crippen molar-refractivity contribution in [2.24, 2.45) is 21.3 Å². The van der Waals surface area contributed by atoms with E-state index in [1.165, 1.54) is 0 Å². The number of rotatable bonds is 5. The Labute approximate surface area is 184 Å². The second-order valence-corrected chi connectivity index (χ2v) is 10.4. The second-order valence-electron chi connectivity index (χ2n) is 9.40. The van der Waals surface area contributed by atoms with E-state index in [0.717, 1.165) is 39.2 Å². The van der Waals surface area contributed by atoms with Crippen LogP contribution in [0, 0.1) is 11.3 Å². The predicted octanol–water partition coefficient (Wildman–Crippen LogP) is 6.14. The second kappa shape index (κ2) is 8.46. The molecule has 2 aromatic rings. The summed E-state index contributed by atoms with van der Waals surface area (Å²) in [6.07, 6.45) is 0. The number of hydrogen-bond acceptors (Lipinski definition) is 5. The normalized spacial score (nSPS) is 21.4. The molecule has 4 rings (SSSR count). The fourth-order valence-electron chi connectivity index (χ4n) is 3.55. The van der Waals surface area contributed by atoms with E-state index in [4.69, 9.17) is 14.7 Å². The minimum absolute atomic E-state index is 0.0848. The molecule has 4 nitrogen and oxygen atoms in total. The molecule has 1 N–H and O–H groups in total. The summed E-state index contributed by atoms with van der Waals surface area (Å²) in [6, 6.07) is 17.2. The highest BCUT2D eigenvalue weighted by atomic mass is 32.2. The molecule has 0 aliphatic carbocycles. The first-order valence-corrected chi connectivity index (χ1v) is 11.7. The molecule has 5 heteroatoms. The van der Waals surface area contributed by atoms with Crippen molar-refractivity contribution in [2.75, 3.05) is 17.7 Å². The van der Waals surface area contributed by atoms with Crippen LogP contribution in [0.25, 0.3) is 0 Å². The molecule has 0 unspecified atom stereocenters. The van der Waals surface area contributed by atoms with Crippen molar-refractivity contribution in [3.05, 3.63) is 59.7 Å². The third kappa shape index (κ3) is 4.41. The fraction of sp³-hybridized carbons (Fsp3) is 0.440. The van der Waals surface area contributed by atoms with Gasteiger partial charge in [-0.1, -0.05) is 65.0 Å². The van der Waals surface area contributed by atoms with Crippen LogP contribution in [0.3, 0.4) is 0 Å². The lowest BCUT2D eigenvalue weighted by molar-refractivity contribution is 0.236. The van der Waals surface area contributed by atoms with E-state index < -0.39 is 0 Å². The summed E-state index contributed by atoms with van der Waals surface area (Å²) in [5.74, 6) is 2.34. The summed E-state index contributed by atoms with van der Waals surface area (Å²) in [6.45, 7) is 11.7. The van der Waals surface area contributed by atoms with Crippen LogP contribution in [0.2, 0.25) is 0 Å². The van der Waals surface area contributed by atoms with Gasteiger partial charge in [-0.2, -0.15) is 0 Å². The Hall–Kier alpha value is -2.27. The standard InChI is InChI=1S/C25H31N3OS/c1-16(2)21-15-30-24(27-21)18-11-7-9-13-20(18)26-19-12-8-6-10-17(19)23-28-22(14-29-23)25(3,4)5/h6-13,16,21-22,26H,14-15H2,1-5H3/t21-,22-/m1/s1.